The Labute approximate surface area is 134 Å². The SMILES string of the molecule is O=C(C1CCN(c2cn[nH]c(=O)c2Cl)CC1)N1CCCCC1. The normalized spacial score (nSPS) is 20.2. The summed E-state index contributed by atoms with van der Waals surface area (Å²) in [6, 6.07) is 0. The quantitative estimate of drug-likeness (QED) is 0.898. The van der Waals surface area contributed by atoms with Crippen molar-refractivity contribution in [2.75, 3.05) is 31.1 Å². The second kappa shape index (κ2) is 6.69. The number of amides is 1. The van der Waals surface area contributed by atoms with Gasteiger partial charge in [0.25, 0.3) is 5.56 Å². The molecule has 0 aromatic carbocycles. The van der Waals surface area contributed by atoms with Crippen molar-refractivity contribution in [1.29, 1.82) is 0 Å². The molecule has 22 heavy (non-hydrogen) atoms. The van der Waals surface area contributed by atoms with Crippen LogP contribution >= 0.6 is 11.6 Å². The number of aromatic nitrogens is 2. The zero-order valence-corrected chi connectivity index (χ0v) is 13.3. The summed E-state index contributed by atoms with van der Waals surface area (Å²) >= 11 is 6.05. The van der Waals surface area contributed by atoms with Crippen molar-refractivity contribution in [3.05, 3.63) is 21.6 Å². The van der Waals surface area contributed by atoms with E-state index >= 15 is 0 Å². The van der Waals surface area contributed by atoms with Crippen molar-refractivity contribution in [3.63, 3.8) is 0 Å². The fraction of sp³-hybridized carbons (Fsp3) is 0.667. The fourth-order valence-corrected chi connectivity index (χ4v) is 3.54. The van der Waals surface area contributed by atoms with E-state index in [1.165, 1.54) is 6.42 Å². The van der Waals surface area contributed by atoms with E-state index in [1.807, 2.05) is 9.80 Å². The Kier molecular flexibility index (Phi) is 4.66. The summed E-state index contributed by atoms with van der Waals surface area (Å²) in [4.78, 5) is 28.1. The molecule has 0 unspecified atom stereocenters. The molecule has 1 amide bonds. The number of carbonyl (C=O) groups excluding carboxylic acids is 1. The van der Waals surface area contributed by atoms with Gasteiger partial charge < -0.3 is 9.80 Å². The minimum absolute atomic E-state index is 0.100. The van der Waals surface area contributed by atoms with E-state index in [2.05, 4.69) is 10.2 Å². The smallest absolute Gasteiger partial charge is 0.285 e. The van der Waals surface area contributed by atoms with E-state index in [0.29, 0.717) is 11.6 Å². The lowest BCUT2D eigenvalue weighted by atomic mass is 9.94. The number of nitrogens with one attached hydrogen (secondary N) is 1. The van der Waals surface area contributed by atoms with E-state index in [-0.39, 0.29) is 16.5 Å². The first kappa shape index (κ1) is 15.3. The predicted molar refractivity (Wildman–Crippen MR) is 85.2 cm³/mol. The van der Waals surface area contributed by atoms with Gasteiger partial charge in [0.15, 0.2) is 0 Å². The second-order valence-electron chi connectivity index (χ2n) is 6.05. The number of piperidine rings is 2. The lowest BCUT2D eigenvalue weighted by Gasteiger charge is -2.36. The summed E-state index contributed by atoms with van der Waals surface area (Å²) in [6.45, 7) is 3.27. The van der Waals surface area contributed by atoms with Crippen molar-refractivity contribution < 1.29 is 4.79 Å². The number of rotatable bonds is 2. The molecule has 120 valence electrons. The van der Waals surface area contributed by atoms with E-state index in [1.54, 1.807) is 6.20 Å². The lowest BCUT2D eigenvalue weighted by molar-refractivity contribution is -0.137. The van der Waals surface area contributed by atoms with Crippen LogP contribution in [0.3, 0.4) is 0 Å². The van der Waals surface area contributed by atoms with Crippen LogP contribution in [0, 0.1) is 5.92 Å². The molecule has 2 aliphatic rings. The Morgan fingerprint density at radius 3 is 2.55 bits per heavy atom. The molecule has 0 radical (unpaired) electrons. The van der Waals surface area contributed by atoms with Gasteiger partial charge in [-0.05, 0) is 32.1 Å². The van der Waals surface area contributed by atoms with Crippen LogP contribution in [0.4, 0.5) is 5.69 Å². The van der Waals surface area contributed by atoms with Crippen LogP contribution in [0.2, 0.25) is 5.02 Å². The minimum atomic E-state index is -0.370. The molecule has 2 fully saturated rings. The van der Waals surface area contributed by atoms with Crippen LogP contribution in [0.5, 0.6) is 0 Å². The maximum Gasteiger partial charge on any atom is 0.285 e. The molecule has 1 aromatic rings. The molecule has 3 rings (SSSR count). The molecule has 7 heteroatoms. The third kappa shape index (κ3) is 3.11. The van der Waals surface area contributed by atoms with E-state index in [4.69, 9.17) is 11.6 Å². The largest absolute Gasteiger partial charge is 0.369 e. The van der Waals surface area contributed by atoms with Crippen LogP contribution in [-0.4, -0.2) is 47.2 Å². The third-order valence-corrected chi connectivity index (χ3v) is 5.00. The molecule has 0 aliphatic carbocycles. The molecular weight excluding hydrogens is 304 g/mol. The molecule has 0 saturated carbocycles. The van der Waals surface area contributed by atoms with Crippen molar-refractivity contribution >= 4 is 23.2 Å². The lowest BCUT2D eigenvalue weighted by Crippen LogP contribution is -2.44. The first-order chi connectivity index (χ1) is 10.7. The second-order valence-corrected chi connectivity index (χ2v) is 6.42. The van der Waals surface area contributed by atoms with E-state index in [0.717, 1.165) is 51.9 Å². The average molecular weight is 325 g/mol. The summed E-state index contributed by atoms with van der Waals surface area (Å²) in [6.07, 6.45) is 6.67. The summed E-state index contributed by atoms with van der Waals surface area (Å²) in [7, 11) is 0. The number of hydrogen-bond donors (Lipinski definition) is 1. The number of anilines is 1. The first-order valence-electron chi connectivity index (χ1n) is 7.94. The molecule has 1 N–H and O–H groups in total. The van der Waals surface area contributed by atoms with Crippen molar-refractivity contribution in [2.45, 2.75) is 32.1 Å². The topological polar surface area (TPSA) is 69.3 Å². The van der Waals surface area contributed by atoms with Gasteiger partial charge in [-0.3, -0.25) is 9.59 Å². The van der Waals surface area contributed by atoms with Gasteiger partial charge in [-0.15, -0.1) is 0 Å². The number of likely N-dealkylation sites (tertiary alicyclic amines) is 1. The number of carbonyl (C=O) groups is 1. The van der Waals surface area contributed by atoms with Gasteiger partial charge in [-0.25, -0.2) is 5.10 Å². The van der Waals surface area contributed by atoms with Crippen molar-refractivity contribution in [3.8, 4) is 0 Å². The third-order valence-electron chi connectivity index (χ3n) is 4.63. The summed E-state index contributed by atoms with van der Waals surface area (Å²) in [5.74, 6) is 0.401. The van der Waals surface area contributed by atoms with Crippen LogP contribution < -0.4 is 10.5 Å². The Morgan fingerprint density at radius 2 is 1.86 bits per heavy atom. The predicted octanol–water partition coefficient (Wildman–Crippen LogP) is 1.65. The van der Waals surface area contributed by atoms with Gasteiger partial charge in [-0.1, -0.05) is 11.6 Å². The zero-order chi connectivity index (χ0) is 15.5. The Bertz CT molecular complexity index is 589. The Balaban J connectivity index is 1.61. The zero-order valence-electron chi connectivity index (χ0n) is 12.6. The molecule has 2 aliphatic heterocycles. The molecule has 0 bridgehead atoms. The highest BCUT2D eigenvalue weighted by atomic mass is 35.5. The molecule has 1 aromatic heterocycles. The van der Waals surface area contributed by atoms with Crippen LogP contribution in [0.15, 0.2) is 11.0 Å². The standard InChI is InChI=1S/C15H21ClN4O2/c16-13-12(10-17-18-14(13)21)19-8-4-11(5-9-19)15(22)20-6-2-1-3-7-20/h10-11H,1-9H2,(H,18,21). The Hall–Kier alpha value is -1.56. The van der Waals surface area contributed by atoms with Gasteiger partial charge in [0.1, 0.15) is 5.02 Å². The van der Waals surface area contributed by atoms with Crippen LogP contribution in [0.25, 0.3) is 0 Å². The van der Waals surface area contributed by atoms with Crippen LogP contribution in [0.1, 0.15) is 32.1 Å². The highest BCUT2D eigenvalue weighted by Gasteiger charge is 2.30. The number of H-pyrrole nitrogens is 1. The van der Waals surface area contributed by atoms with Gasteiger partial charge in [-0.2, -0.15) is 5.10 Å². The van der Waals surface area contributed by atoms with Gasteiger partial charge in [0, 0.05) is 32.1 Å². The van der Waals surface area contributed by atoms with Gasteiger partial charge in [0.05, 0.1) is 11.9 Å². The molecular formula is C15H21ClN4O2. The summed E-state index contributed by atoms with van der Waals surface area (Å²) in [5.41, 5.74) is 0.292. The summed E-state index contributed by atoms with van der Waals surface area (Å²) < 4.78 is 0. The van der Waals surface area contributed by atoms with Gasteiger partial charge in [0.2, 0.25) is 5.91 Å². The van der Waals surface area contributed by atoms with Crippen molar-refractivity contribution in [1.82, 2.24) is 15.1 Å². The highest BCUT2D eigenvalue weighted by molar-refractivity contribution is 6.33. The average Bonchev–Trinajstić information content (AvgIpc) is 2.58. The molecule has 6 nitrogen and oxygen atoms in total. The maximum atomic E-state index is 12.5. The number of hydrogen-bond acceptors (Lipinski definition) is 4. The highest BCUT2D eigenvalue weighted by Crippen LogP contribution is 2.28. The maximum absolute atomic E-state index is 12.5. The fourth-order valence-electron chi connectivity index (χ4n) is 3.33. The molecule has 2 saturated heterocycles. The summed E-state index contributed by atoms with van der Waals surface area (Å²) in [5, 5.41) is 6.31. The van der Waals surface area contributed by atoms with E-state index in [9.17, 15) is 9.59 Å². The monoisotopic (exact) mass is 324 g/mol. The Morgan fingerprint density at radius 1 is 1.18 bits per heavy atom. The van der Waals surface area contributed by atoms with Gasteiger partial charge >= 0.3 is 0 Å². The molecule has 0 spiro atoms. The number of halogens is 1. The van der Waals surface area contributed by atoms with Crippen molar-refractivity contribution in [2.24, 2.45) is 5.92 Å². The number of aromatic amines is 1. The molecule has 0 atom stereocenters. The van der Waals surface area contributed by atoms with Crippen LogP contribution in [-0.2, 0) is 4.79 Å². The first-order valence-corrected chi connectivity index (χ1v) is 8.31. The van der Waals surface area contributed by atoms with E-state index < -0.39 is 0 Å². The molecule has 3 heterocycles. The number of nitrogens with zero attached hydrogens (tertiary/aromatic N) is 3. The minimum Gasteiger partial charge on any atom is -0.369 e.